The Kier molecular flexibility index (Phi) is 4.67. The highest BCUT2D eigenvalue weighted by Gasteiger charge is 2.17. The first-order valence-electron chi connectivity index (χ1n) is 6.05. The molecule has 2 aromatic rings. The molecule has 106 valence electrons. The summed E-state index contributed by atoms with van der Waals surface area (Å²) in [5.74, 6) is 5.43. The van der Waals surface area contributed by atoms with Gasteiger partial charge < -0.3 is 5.43 Å². The van der Waals surface area contributed by atoms with Gasteiger partial charge >= 0.3 is 0 Å². The minimum absolute atomic E-state index is 0.00507. The average molecular weight is 292 g/mol. The van der Waals surface area contributed by atoms with Crippen molar-refractivity contribution < 1.29 is 4.92 Å². The number of nitro benzene ring substituents is 1. The second-order valence-corrected chi connectivity index (χ2v) is 5.50. The smallest absolute Gasteiger partial charge is 0.293 e. The first kappa shape index (κ1) is 14.4. The zero-order valence-corrected chi connectivity index (χ0v) is 11.9. The normalized spacial score (nSPS) is 10.8. The number of nitrogens with two attached hydrogens (primary N) is 1. The summed E-state index contributed by atoms with van der Waals surface area (Å²) in [7, 11) is 1.97. The van der Waals surface area contributed by atoms with E-state index in [1.807, 2.05) is 24.6 Å². The second-order valence-electron chi connectivity index (χ2n) is 4.46. The fourth-order valence-corrected chi connectivity index (χ4v) is 2.84. The van der Waals surface area contributed by atoms with Crippen LogP contribution in [0.5, 0.6) is 0 Å². The van der Waals surface area contributed by atoms with Crippen molar-refractivity contribution in [2.24, 2.45) is 5.84 Å². The van der Waals surface area contributed by atoms with E-state index in [1.54, 1.807) is 17.4 Å². The lowest BCUT2D eigenvalue weighted by Crippen LogP contribution is -2.19. The minimum atomic E-state index is -0.433. The Balaban J connectivity index is 2.16. The first-order chi connectivity index (χ1) is 9.61. The zero-order chi connectivity index (χ0) is 14.5. The van der Waals surface area contributed by atoms with Crippen LogP contribution >= 0.6 is 11.3 Å². The Bertz CT molecular complexity index is 586. The molecule has 0 aliphatic rings. The molecule has 0 saturated carbocycles. The van der Waals surface area contributed by atoms with Crippen LogP contribution in [0.15, 0.2) is 35.7 Å². The van der Waals surface area contributed by atoms with E-state index in [9.17, 15) is 10.1 Å². The van der Waals surface area contributed by atoms with Gasteiger partial charge in [0, 0.05) is 24.0 Å². The van der Waals surface area contributed by atoms with Crippen molar-refractivity contribution in [1.82, 2.24) is 4.90 Å². The Morgan fingerprint density at radius 3 is 2.75 bits per heavy atom. The van der Waals surface area contributed by atoms with Crippen molar-refractivity contribution in [3.8, 4) is 0 Å². The van der Waals surface area contributed by atoms with E-state index in [2.05, 4.69) is 16.4 Å². The topological polar surface area (TPSA) is 84.4 Å². The van der Waals surface area contributed by atoms with E-state index in [0.717, 1.165) is 12.1 Å². The van der Waals surface area contributed by atoms with Crippen LogP contribution in [0.1, 0.15) is 10.4 Å². The second kappa shape index (κ2) is 6.47. The summed E-state index contributed by atoms with van der Waals surface area (Å²) in [5.41, 5.74) is 3.62. The zero-order valence-electron chi connectivity index (χ0n) is 11.1. The van der Waals surface area contributed by atoms with Gasteiger partial charge in [-0.2, -0.15) is 0 Å². The number of benzene rings is 1. The quantitative estimate of drug-likeness (QED) is 0.485. The Labute approximate surface area is 120 Å². The molecule has 3 N–H and O–H groups in total. The molecule has 0 amide bonds. The van der Waals surface area contributed by atoms with Crippen molar-refractivity contribution in [3.63, 3.8) is 0 Å². The maximum atomic E-state index is 11.0. The molecule has 0 bridgehead atoms. The van der Waals surface area contributed by atoms with E-state index in [-0.39, 0.29) is 5.69 Å². The van der Waals surface area contributed by atoms with Crippen molar-refractivity contribution >= 4 is 22.7 Å². The summed E-state index contributed by atoms with van der Waals surface area (Å²) in [6.07, 6.45) is 0. The summed E-state index contributed by atoms with van der Waals surface area (Å²) in [5, 5.41) is 13.0. The van der Waals surface area contributed by atoms with Gasteiger partial charge in [-0.1, -0.05) is 18.2 Å². The molecule has 0 saturated heterocycles. The SMILES string of the molecule is CN(Cc1cccs1)Cc1cccc([N+](=O)[O-])c1NN. The highest BCUT2D eigenvalue weighted by Crippen LogP contribution is 2.28. The van der Waals surface area contributed by atoms with Crippen LogP contribution in [0.4, 0.5) is 11.4 Å². The minimum Gasteiger partial charge on any atom is -0.318 e. The predicted octanol–water partition coefficient (Wildman–Crippen LogP) is 2.57. The molecule has 0 spiro atoms. The molecule has 7 heteroatoms. The fourth-order valence-electron chi connectivity index (χ4n) is 2.05. The first-order valence-corrected chi connectivity index (χ1v) is 6.93. The lowest BCUT2D eigenvalue weighted by molar-refractivity contribution is -0.384. The van der Waals surface area contributed by atoms with Gasteiger partial charge in [-0.3, -0.25) is 20.9 Å². The largest absolute Gasteiger partial charge is 0.318 e. The number of nitrogen functional groups attached to an aromatic ring is 1. The molecular formula is C13H16N4O2S. The maximum absolute atomic E-state index is 11.0. The van der Waals surface area contributed by atoms with Crippen LogP contribution in [0.25, 0.3) is 0 Å². The number of nitrogens with one attached hydrogen (secondary N) is 1. The van der Waals surface area contributed by atoms with E-state index in [0.29, 0.717) is 12.2 Å². The van der Waals surface area contributed by atoms with Crippen LogP contribution in [-0.2, 0) is 13.1 Å². The summed E-state index contributed by atoms with van der Waals surface area (Å²) < 4.78 is 0. The number of thiophene rings is 1. The van der Waals surface area contributed by atoms with E-state index >= 15 is 0 Å². The summed E-state index contributed by atoms with van der Waals surface area (Å²) in [4.78, 5) is 13.9. The number of para-hydroxylation sites is 1. The highest BCUT2D eigenvalue weighted by molar-refractivity contribution is 7.09. The molecule has 0 atom stereocenters. The fraction of sp³-hybridized carbons (Fsp3) is 0.231. The standard InChI is InChI=1S/C13H16N4O2S/c1-16(9-11-5-3-7-20-11)8-10-4-2-6-12(17(18)19)13(10)15-14/h2-7,15H,8-9,14H2,1H3. The maximum Gasteiger partial charge on any atom is 0.293 e. The molecule has 20 heavy (non-hydrogen) atoms. The molecule has 0 fully saturated rings. The Morgan fingerprint density at radius 1 is 1.35 bits per heavy atom. The van der Waals surface area contributed by atoms with Crippen molar-refractivity contribution in [1.29, 1.82) is 0 Å². The number of hydrogen-bond acceptors (Lipinski definition) is 6. The molecule has 1 heterocycles. The van der Waals surface area contributed by atoms with Crippen LogP contribution in [0.3, 0.4) is 0 Å². The molecule has 0 aliphatic heterocycles. The molecular weight excluding hydrogens is 276 g/mol. The number of hydrogen-bond donors (Lipinski definition) is 2. The number of nitro groups is 1. The number of hydrazine groups is 1. The lowest BCUT2D eigenvalue weighted by atomic mass is 10.1. The molecule has 0 aliphatic carbocycles. The van der Waals surface area contributed by atoms with E-state index in [1.165, 1.54) is 10.9 Å². The van der Waals surface area contributed by atoms with Gasteiger partial charge in [0.25, 0.3) is 5.69 Å². The van der Waals surface area contributed by atoms with Gasteiger partial charge in [-0.25, -0.2) is 0 Å². The van der Waals surface area contributed by atoms with E-state index < -0.39 is 4.92 Å². The lowest BCUT2D eigenvalue weighted by Gasteiger charge is -2.17. The monoisotopic (exact) mass is 292 g/mol. The predicted molar refractivity (Wildman–Crippen MR) is 80.4 cm³/mol. The molecule has 0 radical (unpaired) electrons. The Hall–Kier alpha value is -1.96. The average Bonchev–Trinajstić information content (AvgIpc) is 2.91. The van der Waals surface area contributed by atoms with Gasteiger partial charge in [0.15, 0.2) is 0 Å². The van der Waals surface area contributed by atoms with Crippen LogP contribution in [-0.4, -0.2) is 16.9 Å². The summed E-state index contributed by atoms with van der Waals surface area (Å²) >= 11 is 1.69. The van der Waals surface area contributed by atoms with Gasteiger partial charge in [-0.05, 0) is 24.1 Å². The highest BCUT2D eigenvalue weighted by atomic mass is 32.1. The van der Waals surface area contributed by atoms with Crippen molar-refractivity contribution in [2.75, 3.05) is 12.5 Å². The molecule has 2 rings (SSSR count). The van der Waals surface area contributed by atoms with Gasteiger partial charge in [-0.15, -0.1) is 11.3 Å². The van der Waals surface area contributed by atoms with Crippen LogP contribution in [0.2, 0.25) is 0 Å². The molecule has 1 aromatic carbocycles. The molecule has 0 unspecified atom stereocenters. The van der Waals surface area contributed by atoms with Gasteiger partial charge in [0.05, 0.1) is 4.92 Å². The van der Waals surface area contributed by atoms with Crippen LogP contribution in [0, 0.1) is 10.1 Å². The van der Waals surface area contributed by atoms with Crippen LogP contribution < -0.4 is 11.3 Å². The number of anilines is 1. The van der Waals surface area contributed by atoms with Gasteiger partial charge in [0.2, 0.25) is 0 Å². The number of nitrogens with zero attached hydrogens (tertiary/aromatic N) is 2. The third kappa shape index (κ3) is 3.32. The molecule has 6 nitrogen and oxygen atoms in total. The third-order valence-electron chi connectivity index (χ3n) is 2.92. The third-order valence-corrected chi connectivity index (χ3v) is 3.78. The van der Waals surface area contributed by atoms with Crippen molar-refractivity contribution in [2.45, 2.75) is 13.1 Å². The van der Waals surface area contributed by atoms with E-state index in [4.69, 9.17) is 5.84 Å². The summed E-state index contributed by atoms with van der Waals surface area (Å²) in [6, 6.07) is 9.03. The molecule has 1 aromatic heterocycles. The van der Waals surface area contributed by atoms with Crippen molar-refractivity contribution in [3.05, 3.63) is 56.3 Å². The Morgan fingerprint density at radius 2 is 2.15 bits per heavy atom. The summed E-state index contributed by atoms with van der Waals surface area (Å²) in [6.45, 7) is 1.38. The van der Waals surface area contributed by atoms with Gasteiger partial charge in [0.1, 0.15) is 5.69 Å². The number of rotatable bonds is 6.